The van der Waals surface area contributed by atoms with E-state index >= 15 is 0 Å². The van der Waals surface area contributed by atoms with Gasteiger partial charge in [0.15, 0.2) is 0 Å². The van der Waals surface area contributed by atoms with Crippen LogP contribution in [-0.4, -0.2) is 6.61 Å². The molecule has 0 fully saturated rings. The first-order valence-corrected chi connectivity index (χ1v) is 7.44. The van der Waals surface area contributed by atoms with Crippen LogP contribution in [0.1, 0.15) is 29.7 Å². The molecule has 0 aromatic heterocycles. The van der Waals surface area contributed by atoms with E-state index in [2.05, 4.69) is 53.8 Å². The standard InChI is InChI=1S/C16H18INO/c1-3-19-15-9-8-11(2)10-13(15)16(18)12-6-4-5-7-14(12)17/h4-10,16H,3,18H2,1-2H3. The lowest BCUT2D eigenvalue weighted by Crippen LogP contribution is -2.15. The highest BCUT2D eigenvalue weighted by molar-refractivity contribution is 14.1. The number of benzene rings is 2. The summed E-state index contributed by atoms with van der Waals surface area (Å²) in [6, 6.07) is 14.2. The summed E-state index contributed by atoms with van der Waals surface area (Å²) in [5.41, 5.74) is 9.81. The lowest BCUT2D eigenvalue weighted by Gasteiger charge is -2.18. The Morgan fingerprint density at radius 1 is 1.16 bits per heavy atom. The Hall–Kier alpha value is -1.07. The van der Waals surface area contributed by atoms with E-state index in [0.717, 1.165) is 16.9 Å². The molecular formula is C16H18INO. The van der Waals surface area contributed by atoms with Crippen molar-refractivity contribution in [2.45, 2.75) is 19.9 Å². The summed E-state index contributed by atoms with van der Waals surface area (Å²) < 4.78 is 6.87. The summed E-state index contributed by atoms with van der Waals surface area (Å²) in [6.45, 7) is 4.71. The first kappa shape index (κ1) is 14.3. The van der Waals surface area contributed by atoms with Gasteiger partial charge in [0.25, 0.3) is 0 Å². The van der Waals surface area contributed by atoms with Gasteiger partial charge in [-0.2, -0.15) is 0 Å². The average Bonchev–Trinajstić information content (AvgIpc) is 2.41. The molecule has 19 heavy (non-hydrogen) atoms. The SMILES string of the molecule is CCOc1ccc(C)cc1C(N)c1ccccc1I. The van der Waals surface area contributed by atoms with Crippen LogP contribution in [0.2, 0.25) is 0 Å². The first-order chi connectivity index (χ1) is 9.13. The molecule has 2 aromatic rings. The van der Waals surface area contributed by atoms with E-state index < -0.39 is 0 Å². The van der Waals surface area contributed by atoms with Crippen molar-refractivity contribution in [3.05, 3.63) is 62.7 Å². The van der Waals surface area contributed by atoms with Gasteiger partial charge in [-0.1, -0.05) is 35.9 Å². The summed E-state index contributed by atoms with van der Waals surface area (Å²) >= 11 is 2.32. The van der Waals surface area contributed by atoms with Crippen molar-refractivity contribution >= 4 is 22.6 Å². The minimum Gasteiger partial charge on any atom is -0.494 e. The Labute approximate surface area is 128 Å². The Bertz CT molecular complexity index is 568. The van der Waals surface area contributed by atoms with E-state index in [9.17, 15) is 0 Å². The molecule has 1 atom stereocenters. The molecule has 0 saturated heterocycles. The fourth-order valence-electron chi connectivity index (χ4n) is 2.09. The van der Waals surface area contributed by atoms with Gasteiger partial charge >= 0.3 is 0 Å². The molecular weight excluding hydrogens is 349 g/mol. The maximum atomic E-state index is 6.43. The minimum atomic E-state index is -0.158. The van der Waals surface area contributed by atoms with Crippen molar-refractivity contribution in [3.63, 3.8) is 0 Å². The summed E-state index contributed by atoms with van der Waals surface area (Å²) in [4.78, 5) is 0. The molecule has 0 spiro atoms. The zero-order valence-electron chi connectivity index (χ0n) is 11.2. The van der Waals surface area contributed by atoms with Crippen LogP contribution in [0.25, 0.3) is 0 Å². The van der Waals surface area contributed by atoms with E-state index in [1.807, 2.05) is 25.1 Å². The van der Waals surface area contributed by atoms with Crippen molar-refractivity contribution in [2.75, 3.05) is 6.61 Å². The maximum absolute atomic E-state index is 6.43. The Balaban J connectivity index is 2.45. The van der Waals surface area contributed by atoms with Crippen LogP contribution in [0.4, 0.5) is 0 Å². The lowest BCUT2D eigenvalue weighted by atomic mass is 9.97. The third kappa shape index (κ3) is 3.28. The molecule has 3 heteroatoms. The van der Waals surface area contributed by atoms with Crippen molar-refractivity contribution in [1.82, 2.24) is 0 Å². The normalized spacial score (nSPS) is 12.2. The zero-order chi connectivity index (χ0) is 13.8. The van der Waals surface area contributed by atoms with Crippen LogP contribution in [0.15, 0.2) is 42.5 Å². The van der Waals surface area contributed by atoms with Crippen molar-refractivity contribution in [2.24, 2.45) is 5.73 Å². The summed E-state index contributed by atoms with van der Waals surface area (Å²) in [5, 5.41) is 0. The van der Waals surface area contributed by atoms with Gasteiger partial charge in [-0.05, 0) is 54.1 Å². The Morgan fingerprint density at radius 2 is 1.89 bits per heavy atom. The second-order valence-electron chi connectivity index (χ2n) is 4.47. The lowest BCUT2D eigenvalue weighted by molar-refractivity contribution is 0.335. The minimum absolute atomic E-state index is 0.158. The van der Waals surface area contributed by atoms with Crippen LogP contribution in [0.3, 0.4) is 0 Å². The second-order valence-corrected chi connectivity index (χ2v) is 5.64. The van der Waals surface area contributed by atoms with Gasteiger partial charge in [0.1, 0.15) is 5.75 Å². The quantitative estimate of drug-likeness (QED) is 0.828. The van der Waals surface area contributed by atoms with Crippen LogP contribution in [-0.2, 0) is 0 Å². The number of ether oxygens (including phenoxy) is 1. The summed E-state index contributed by atoms with van der Waals surface area (Å²) in [6.07, 6.45) is 0. The third-order valence-electron chi connectivity index (χ3n) is 3.04. The molecule has 0 aliphatic heterocycles. The van der Waals surface area contributed by atoms with Crippen molar-refractivity contribution in [1.29, 1.82) is 0 Å². The molecule has 2 N–H and O–H groups in total. The molecule has 0 aliphatic rings. The monoisotopic (exact) mass is 367 g/mol. The molecule has 0 saturated carbocycles. The number of nitrogens with two attached hydrogens (primary N) is 1. The van der Waals surface area contributed by atoms with E-state index in [1.54, 1.807) is 0 Å². The predicted octanol–water partition coefficient (Wildman–Crippen LogP) is 4.05. The van der Waals surface area contributed by atoms with Crippen LogP contribution in [0.5, 0.6) is 5.75 Å². The number of aryl methyl sites for hydroxylation is 1. The van der Waals surface area contributed by atoms with Crippen LogP contribution >= 0.6 is 22.6 Å². The van der Waals surface area contributed by atoms with E-state index in [0.29, 0.717) is 6.61 Å². The summed E-state index contributed by atoms with van der Waals surface area (Å²) in [5.74, 6) is 0.875. The molecule has 2 aromatic carbocycles. The fourth-order valence-corrected chi connectivity index (χ4v) is 2.82. The topological polar surface area (TPSA) is 35.2 Å². The maximum Gasteiger partial charge on any atom is 0.124 e. The van der Waals surface area contributed by atoms with Crippen molar-refractivity contribution in [3.8, 4) is 5.75 Å². The number of halogens is 1. The Morgan fingerprint density at radius 3 is 2.58 bits per heavy atom. The third-order valence-corrected chi connectivity index (χ3v) is 4.02. The van der Waals surface area contributed by atoms with Gasteiger partial charge in [0.2, 0.25) is 0 Å². The van der Waals surface area contributed by atoms with E-state index in [1.165, 1.54) is 9.13 Å². The highest BCUT2D eigenvalue weighted by Crippen LogP contribution is 2.31. The molecule has 0 heterocycles. The summed E-state index contributed by atoms with van der Waals surface area (Å²) in [7, 11) is 0. The van der Waals surface area contributed by atoms with Gasteiger partial charge in [0, 0.05) is 9.13 Å². The molecule has 2 nitrogen and oxygen atoms in total. The van der Waals surface area contributed by atoms with Crippen LogP contribution < -0.4 is 10.5 Å². The fraction of sp³-hybridized carbons (Fsp3) is 0.250. The van der Waals surface area contributed by atoms with E-state index in [-0.39, 0.29) is 6.04 Å². The van der Waals surface area contributed by atoms with Crippen molar-refractivity contribution < 1.29 is 4.74 Å². The Kier molecular flexibility index (Phi) is 4.82. The molecule has 100 valence electrons. The number of hydrogen-bond acceptors (Lipinski definition) is 2. The average molecular weight is 367 g/mol. The number of rotatable bonds is 4. The molecule has 0 bridgehead atoms. The second kappa shape index (κ2) is 6.39. The predicted molar refractivity (Wildman–Crippen MR) is 87.5 cm³/mol. The highest BCUT2D eigenvalue weighted by atomic mass is 127. The van der Waals surface area contributed by atoms with Gasteiger partial charge in [-0.3, -0.25) is 0 Å². The van der Waals surface area contributed by atoms with Gasteiger partial charge < -0.3 is 10.5 Å². The molecule has 0 aliphatic carbocycles. The smallest absolute Gasteiger partial charge is 0.124 e. The molecule has 1 unspecified atom stereocenters. The number of hydrogen-bond donors (Lipinski definition) is 1. The molecule has 0 radical (unpaired) electrons. The van der Waals surface area contributed by atoms with E-state index in [4.69, 9.17) is 10.5 Å². The largest absolute Gasteiger partial charge is 0.494 e. The van der Waals surface area contributed by atoms with Gasteiger partial charge in [-0.25, -0.2) is 0 Å². The van der Waals surface area contributed by atoms with Crippen LogP contribution in [0, 0.1) is 10.5 Å². The molecule has 0 amide bonds. The van der Waals surface area contributed by atoms with Gasteiger partial charge in [-0.15, -0.1) is 0 Å². The zero-order valence-corrected chi connectivity index (χ0v) is 13.3. The molecule has 2 rings (SSSR count). The first-order valence-electron chi connectivity index (χ1n) is 6.36. The highest BCUT2D eigenvalue weighted by Gasteiger charge is 2.16. The van der Waals surface area contributed by atoms with Gasteiger partial charge in [0.05, 0.1) is 12.6 Å².